The van der Waals surface area contributed by atoms with E-state index in [1.807, 2.05) is 30.3 Å². The van der Waals surface area contributed by atoms with Crippen LogP contribution >= 0.6 is 0 Å². The van der Waals surface area contributed by atoms with Gasteiger partial charge in [-0.1, -0.05) is 52.0 Å². The predicted octanol–water partition coefficient (Wildman–Crippen LogP) is 8.12. The van der Waals surface area contributed by atoms with Crippen molar-refractivity contribution in [2.75, 3.05) is 11.9 Å². The Balaban J connectivity index is 1.05. The SMILES string of the molecule is CCc1ccccc1NC(=O)Oc1ccc2c(c1)CC[C@@H]1[C@@H]2CC[C@]2(C)[C@@H]3[C@H](C[C@@H]12)O[C@]1(CC[C@@H](C)CO1)[C@H]3C. The number of aryl methyl sites for hydroxylation is 2. The van der Waals surface area contributed by atoms with Crippen LogP contribution in [0.3, 0.4) is 0 Å². The normalized spacial score (nSPS) is 39.6. The summed E-state index contributed by atoms with van der Waals surface area (Å²) in [7, 11) is 0. The molecule has 5 aliphatic rings. The minimum Gasteiger partial charge on any atom is -0.410 e. The van der Waals surface area contributed by atoms with Crippen LogP contribution < -0.4 is 10.1 Å². The van der Waals surface area contributed by atoms with Crippen molar-refractivity contribution in [3.05, 3.63) is 59.2 Å². The largest absolute Gasteiger partial charge is 0.417 e. The number of para-hydroxylation sites is 1. The first kappa shape index (κ1) is 26.5. The predicted molar refractivity (Wildman–Crippen MR) is 157 cm³/mol. The molecule has 9 atom stereocenters. The van der Waals surface area contributed by atoms with Crippen LogP contribution in [-0.4, -0.2) is 24.6 Å². The van der Waals surface area contributed by atoms with Crippen molar-refractivity contribution >= 4 is 11.8 Å². The molecule has 2 aliphatic heterocycles. The lowest BCUT2D eigenvalue weighted by molar-refractivity contribution is -0.272. The van der Waals surface area contributed by atoms with Crippen molar-refractivity contribution in [1.82, 2.24) is 0 Å². The zero-order valence-corrected chi connectivity index (χ0v) is 24.6. The second-order valence-corrected chi connectivity index (χ2v) is 13.8. The van der Waals surface area contributed by atoms with Gasteiger partial charge in [-0.05, 0) is 115 Å². The molecule has 3 aliphatic carbocycles. The molecule has 5 nitrogen and oxygen atoms in total. The Morgan fingerprint density at radius 1 is 1.10 bits per heavy atom. The fourth-order valence-corrected chi connectivity index (χ4v) is 9.83. The Labute approximate surface area is 239 Å². The first-order chi connectivity index (χ1) is 19.3. The highest BCUT2D eigenvalue weighted by molar-refractivity contribution is 5.87. The Kier molecular flexibility index (Phi) is 6.55. The van der Waals surface area contributed by atoms with Crippen LogP contribution in [0.5, 0.6) is 5.75 Å². The molecule has 2 saturated heterocycles. The highest BCUT2D eigenvalue weighted by Crippen LogP contribution is 2.69. The van der Waals surface area contributed by atoms with Crippen molar-refractivity contribution in [3.63, 3.8) is 0 Å². The maximum Gasteiger partial charge on any atom is 0.417 e. The number of fused-ring (bicyclic) bond motifs is 7. The molecule has 0 bridgehead atoms. The third-order valence-electron chi connectivity index (χ3n) is 11.8. The van der Waals surface area contributed by atoms with Gasteiger partial charge in [0.05, 0.1) is 12.7 Å². The summed E-state index contributed by atoms with van der Waals surface area (Å²) < 4.78 is 19.2. The maximum absolute atomic E-state index is 12.7. The molecular formula is C35H45NO4. The zero-order chi connectivity index (χ0) is 27.6. The molecule has 7 rings (SSSR count). The molecular weight excluding hydrogens is 498 g/mol. The molecule has 1 amide bonds. The summed E-state index contributed by atoms with van der Waals surface area (Å²) in [5.41, 5.74) is 5.09. The standard InChI is InChI=1S/C35H45NO4/c1-5-23-8-6-7-9-30(23)36-33(37)39-25-11-13-26-24(18-25)10-12-28-27(26)15-16-34(4)29(28)19-31-32(34)22(3)35(40-31)17-14-21(2)20-38-35/h6-9,11,13,18,21-22,27-29,31-32H,5,10,12,14-17,19-20H2,1-4H3,(H,36,37)/t21-,22+,27-,28-,29+,31+,32+,34+,35-/m1/s1. The smallest absolute Gasteiger partial charge is 0.410 e. The molecule has 0 aromatic heterocycles. The van der Waals surface area contributed by atoms with Gasteiger partial charge in [-0.2, -0.15) is 0 Å². The van der Waals surface area contributed by atoms with Gasteiger partial charge in [0.15, 0.2) is 5.79 Å². The summed E-state index contributed by atoms with van der Waals surface area (Å²) in [6, 6.07) is 14.3. The fourth-order valence-electron chi connectivity index (χ4n) is 9.83. The minimum absolute atomic E-state index is 0.328. The monoisotopic (exact) mass is 543 g/mol. The van der Waals surface area contributed by atoms with Gasteiger partial charge in [-0.3, -0.25) is 5.32 Å². The number of rotatable bonds is 3. The Morgan fingerprint density at radius 2 is 1.95 bits per heavy atom. The highest BCUT2D eigenvalue weighted by Gasteiger charge is 2.67. The average molecular weight is 544 g/mol. The number of carbonyl (C=O) groups is 1. The first-order valence-corrected chi connectivity index (χ1v) is 15.8. The van der Waals surface area contributed by atoms with E-state index >= 15 is 0 Å². The van der Waals surface area contributed by atoms with Crippen LogP contribution in [0.25, 0.3) is 0 Å². The number of amides is 1. The molecule has 1 spiro atoms. The van der Waals surface area contributed by atoms with Gasteiger partial charge in [0.25, 0.3) is 0 Å². The molecule has 214 valence electrons. The summed E-state index contributed by atoms with van der Waals surface area (Å²) in [4.78, 5) is 12.7. The number of ether oxygens (including phenoxy) is 3. The van der Waals surface area contributed by atoms with Crippen molar-refractivity contribution in [2.24, 2.45) is 35.0 Å². The molecule has 2 aromatic carbocycles. The number of hydrogen-bond donors (Lipinski definition) is 1. The first-order valence-electron chi connectivity index (χ1n) is 15.8. The molecule has 1 N–H and O–H groups in total. The summed E-state index contributed by atoms with van der Waals surface area (Å²) in [6.45, 7) is 10.2. The average Bonchev–Trinajstić information content (AvgIpc) is 3.40. The van der Waals surface area contributed by atoms with Gasteiger partial charge < -0.3 is 14.2 Å². The molecule has 0 unspecified atom stereocenters. The Morgan fingerprint density at radius 3 is 2.75 bits per heavy atom. The van der Waals surface area contributed by atoms with Gasteiger partial charge >= 0.3 is 6.09 Å². The van der Waals surface area contributed by atoms with E-state index in [9.17, 15) is 4.79 Å². The minimum atomic E-state index is -0.427. The van der Waals surface area contributed by atoms with Crippen molar-refractivity contribution in [3.8, 4) is 5.75 Å². The van der Waals surface area contributed by atoms with E-state index in [0.29, 0.717) is 52.8 Å². The lowest BCUT2D eigenvalue weighted by atomic mass is 9.53. The van der Waals surface area contributed by atoms with Crippen LogP contribution in [0.4, 0.5) is 10.5 Å². The van der Waals surface area contributed by atoms with E-state index in [4.69, 9.17) is 14.2 Å². The van der Waals surface area contributed by atoms with Gasteiger partial charge in [0.1, 0.15) is 5.75 Å². The molecule has 5 heteroatoms. The fraction of sp³-hybridized carbons (Fsp3) is 0.629. The quantitative estimate of drug-likeness (QED) is 0.425. The molecule has 2 saturated carbocycles. The highest BCUT2D eigenvalue weighted by atomic mass is 16.7. The summed E-state index contributed by atoms with van der Waals surface area (Å²) in [5.74, 6) is 4.00. The molecule has 0 radical (unpaired) electrons. The third kappa shape index (κ3) is 4.14. The van der Waals surface area contributed by atoms with Crippen LogP contribution in [0.1, 0.15) is 88.8 Å². The summed E-state index contributed by atoms with van der Waals surface area (Å²) in [5, 5.41) is 2.93. The third-order valence-corrected chi connectivity index (χ3v) is 11.8. The second-order valence-electron chi connectivity index (χ2n) is 13.8. The van der Waals surface area contributed by atoms with Crippen molar-refractivity contribution < 1.29 is 19.0 Å². The van der Waals surface area contributed by atoms with E-state index in [2.05, 4.69) is 45.1 Å². The van der Waals surface area contributed by atoms with Gasteiger partial charge in [-0.25, -0.2) is 4.79 Å². The van der Waals surface area contributed by atoms with E-state index in [0.717, 1.165) is 37.1 Å². The topological polar surface area (TPSA) is 56.8 Å². The van der Waals surface area contributed by atoms with Gasteiger partial charge in [0.2, 0.25) is 0 Å². The van der Waals surface area contributed by atoms with Crippen molar-refractivity contribution in [2.45, 2.75) is 96.9 Å². The van der Waals surface area contributed by atoms with E-state index in [1.54, 1.807) is 0 Å². The molecule has 4 fully saturated rings. The zero-order valence-electron chi connectivity index (χ0n) is 24.6. The van der Waals surface area contributed by atoms with Gasteiger partial charge in [0, 0.05) is 18.0 Å². The molecule has 2 aromatic rings. The lowest BCUT2D eigenvalue weighted by Gasteiger charge is -2.52. The van der Waals surface area contributed by atoms with Crippen LogP contribution in [-0.2, 0) is 22.3 Å². The Bertz CT molecular complexity index is 1280. The van der Waals surface area contributed by atoms with E-state index in [-0.39, 0.29) is 5.79 Å². The summed E-state index contributed by atoms with van der Waals surface area (Å²) in [6.07, 6.45) is 8.98. The Hall–Kier alpha value is -2.37. The van der Waals surface area contributed by atoms with Gasteiger partial charge in [-0.15, -0.1) is 0 Å². The number of carbonyl (C=O) groups excluding carboxylic acids is 1. The molecule has 40 heavy (non-hydrogen) atoms. The number of hydrogen-bond acceptors (Lipinski definition) is 4. The second kappa shape index (κ2) is 9.87. The van der Waals surface area contributed by atoms with Crippen LogP contribution in [0, 0.1) is 35.0 Å². The van der Waals surface area contributed by atoms with Crippen LogP contribution in [0.2, 0.25) is 0 Å². The number of nitrogens with one attached hydrogen (secondary N) is 1. The molecule has 2 heterocycles. The lowest BCUT2D eigenvalue weighted by Crippen LogP contribution is -2.48. The number of anilines is 1. The van der Waals surface area contributed by atoms with Crippen molar-refractivity contribution in [1.29, 1.82) is 0 Å². The van der Waals surface area contributed by atoms with E-state index < -0.39 is 6.09 Å². The number of benzene rings is 2. The van der Waals surface area contributed by atoms with E-state index in [1.165, 1.54) is 43.2 Å². The summed E-state index contributed by atoms with van der Waals surface area (Å²) >= 11 is 0. The maximum atomic E-state index is 12.7. The van der Waals surface area contributed by atoms with Crippen LogP contribution in [0.15, 0.2) is 42.5 Å².